The lowest BCUT2D eigenvalue weighted by atomic mass is 9.86. The monoisotopic (exact) mass is 1710 g/mol. The Morgan fingerprint density at radius 3 is 0.600 bits per heavy atom. The number of aliphatic hydroxyl groups is 4. The highest BCUT2D eigenvalue weighted by Crippen LogP contribution is 2.29. The zero-order chi connectivity index (χ0) is 89.9. The molecule has 0 fully saturated rings. The molecule has 0 spiro atoms. The van der Waals surface area contributed by atoms with Crippen molar-refractivity contribution in [3.8, 4) is 0 Å². The topological polar surface area (TPSA) is 409 Å². The van der Waals surface area contributed by atoms with Gasteiger partial charge in [-0.25, -0.2) is 19.2 Å². The molecule has 0 unspecified atom stereocenters. The number of ether oxygens (including phenoxy) is 12. The molecule has 0 aliphatic rings. The van der Waals surface area contributed by atoms with Crippen molar-refractivity contribution in [2.24, 2.45) is 27.1 Å². The predicted molar refractivity (Wildman–Crippen MR) is 449 cm³/mol. The first-order chi connectivity index (χ1) is 57.0. The van der Waals surface area contributed by atoms with Crippen LogP contribution in [0, 0.1) is 27.1 Å². The Morgan fingerprint density at radius 1 is 0.233 bits per heavy atom. The van der Waals surface area contributed by atoms with Crippen molar-refractivity contribution < 1.29 is 135 Å². The van der Waals surface area contributed by atoms with Gasteiger partial charge in [-0.05, 0) is 164 Å². The molecule has 0 amide bonds. The molecule has 690 valence electrons. The highest BCUT2D eigenvalue weighted by Gasteiger charge is 2.39. The molecular formula is C88H150N4O28. The molecule has 0 radical (unpaired) electrons. The van der Waals surface area contributed by atoms with Crippen LogP contribution < -0.4 is 0 Å². The minimum absolute atomic E-state index is 0.0290. The lowest BCUT2D eigenvalue weighted by Crippen LogP contribution is -2.44. The van der Waals surface area contributed by atoms with E-state index < -0.39 is 109 Å². The Kier molecular flexibility index (Phi) is 63.4. The summed E-state index contributed by atoms with van der Waals surface area (Å²) in [5.41, 5.74) is -3.36. The smallest absolute Gasteiger partial charge is 0.330 e. The third-order valence-electron chi connectivity index (χ3n) is 20.3. The van der Waals surface area contributed by atoms with E-state index in [4.69, 9.17) is 56.8 Å². The Hall–Kier alpha value is -7.72. The molecule has 0 saturated heterocycles. The van der Waals surface area contributed by atoms with Crippen LogP contribution in [0.1, 0.15) is 229 Å². The average molecular weight is 1710 g/mol. The quantitative estimate of drug-likeness (QED) is 0.0191. The Morgan fingerprint density at radius 2 is 0.408 bits per heavy atom. The van der Waals surface area contributed by atoms with E-state index in [0.717, 1.165) is 24.3 Å². The van der Waals surface area contributed by atoms with Gasteiger partial charge in [-0.3, -0.25) is 38.4 Å². The van der Waals surface area contributed by atoms with Gasteiger partial charge in [0.2, 0.25) is 0 Å². The van der Waals surface area contributed by atoms with Crippen molar-refractivity contribution in [1.82, 2.24) is 19.6 Å². The molecular weight excluding hydrogens is 1560 g/mol. The Bertz CT molecular complexity index is 2740. The highest BCUT2D eigenvalue weighted by atomic mass is 16.6. The number of hydrogen-bond acceptors (Lipinski definition) is 32. The number of carbonyl (C=O) groups is 12. The summed E-state index contributed by atoms with van der Waals surface area (Å²) in [6.07, 6.45) is 13.6. The van der Waals surface area contributed by atoms with Crippen molar-refractivity contribution in [1.29, 1.82) is 0 Å². The molecule has 0 atom stereocenters. The summed E-state index contributed by atoms with van der Waals surface area (Å²) < 4.78 is 67.3. The number of unbranched alkanes of at least 4 members (excludes halogenated alkanes) is 8. The molecule has 0 aliphatic heterocycles. The molecule has 0 heterocycles. The zero-order valence-corrected chi connectivity index (χ0v) is 73.9. The summed E-state index contributed by atoms with van der Waals surface area (Å²) in [7, 11) is 0. The maximum atomic E-state index is 14.3. The molecule has 0 aromatic heterocycles. The lowest BCUT2D eigenvalue weighted by Gasteiger charge is -2.32. The average Bonchev–Trinajstić information content (AvgIpc) is 0.847. The first-order valence-corrected chi connectivity index (χ1v) is 42.8. The largest absolute Gasteiger partial charge is 0.466 e. The van der Waals surface area contributed by atoms with Crippen LogP contribution in [0.25, 0.3) is 0 Å². The zero-order valence-electron chi connectivity index (χ0n) is 73.9. The van der Waals surface area contributed by atoms with Gasteiger partial charge in [0, 0.05) is 109 Å². The van der Waals surface area contributed by atoms with E-state index in [0.29, 0.717) is 148 Å². The van der Waals surface area contributed by atoms with Gasteiger partial charge >= 0.3 is 71.6 Å². The molecule has 32 heteroatoms. The fraction of sp³-hybridized carbons (Fsp3) is 0.773. The fourth-order valence-electron chi connectivity index (χ4n) is 11.6. The van der Waals surface area contributed by atoms with Crippen LogP contribution in [0.3, 0.4) is 0 Å². The van der Waals surface area contributed by atoms with Crippen molar-refractivity contribution in [3.63, 3.8) is 0 Å². The normalized spacial score (nSPS) is 11.8. The van der Waals surface area contributed by atoms with E-state index in [1.165, 1.54) is 0 Å². The molecule has 0 aromatic rings. The summed E-state index contributed by atoms with van der Waals surface area (Å²) in [6, 6.07) is 0. The Labute approximate surface area is 713 Å². The molecule has 0 aliphatic carbocycles. The summed E-state index contributed by atoms with van der Waals surface area (Å²) in [4.78, 5) is 164. The van der Waals surface area contributed by atoms with Crippen molar-refractivity contribution in [2.45, 2.75) is 229 Å². The van der Waals surface area contributed by atoms with Gasteiger partial charge in [0.05, 0.1) is 104 Å². The van der Waals surface area contributed by atoms with E-state index >= 15 is 0 Å². The second-order valence-electron chi connectivity index (χ2n) is 33.4. The van der Waals surface area contributed by atoms with E-state index in [9.17, 15) is 78.0 Å². The van der Waals surface area contributed by atoms with Crippen LogP contribution in [0.2, 0.25) is 0 Å². The van der Waals surface area contributed by atoms with Gasteiger partial charge in [0.15, 0.2) is 0 Å². The summed E-state index contributed by atoms with van der Waals surface area (Å²) in [5.74, 6) is -7.23. The number of hydrogen-bond donors (Lipinski definition) is 4. The number of esters is 12. The molecule has 4 N–H and O–H groups in total. The summed E-state index contributed by atoms with van der Waals surface area (Å²) in [6.45, 7) is 30.0. The van der Waals surface area contributed by atoms with Gasteiger partial charge in [0.25, 0.3) is 0 Å². The third-order valence-corrected chi connectivity index (χ3v) is 20.3. The summed E-state index contributed by atoms with van der Waals surface area (Å²) >= 11 is 0. The van der Waals surface area contributed by atoms with Crippen molar-refractivity contribution in [2.75, 3.05) is 184 Å². The van der Waals surface area contributed by atoms with Gasteiger partial charge < -0.3 is 96.9 Å². The van der Waals surface area contributed by atoms with Crippen LogP contribution in [0.15, 0.2) is 50.6 Å². The maximum absolute atomic E-state index is 14.3. The number of rotatable bonds is 79. The number of carbonyl (C=O) groups excluding carboxylic acids is 12. The Balaban J connectivity index is 7.58. The van der Waals surface area contributed by atoms with Gasteiger partial charge in [0.1, 0.15) is 31.8 Å². The number of aliphatic hydroxyl groups excluding tert-OH is 4. The minimum Gasteiger partial charge on any atom is -0.466 e. The van der Waals surface area contributed by atoms with Crippen LogP contribution in [-0.4, -0.2) is 296 Å². The van der Waals surface area contributed by atoms with E-state index in [2.05, 4.69) is 26.3 Å². The van der Waals surface area contributed by atoms with E-state index in [1.807, 2.05) is 75.0 Å². The molecule has 0 bridgehead atoms. The first kappa shape index (κ1) is 112. The van der Waals surface area contributed by atoms with Crippen LogP contribution in [0.4, 0.5) is 0 Å². The second-order valence-corrected chi connectivity index (χ2v) is 33.4. The molecule has 0 aromatic carbocycles. The van der Waals surface area contributed by atoms with Crippen LogP contribution >= 0.6 is 0 Å². The fourth-order valence-corrected chi connectivity index (χ4v) is 11.6. The highest BCUT2D eigenvalue weighted by molar-refractivity contribution is 5.82. The van der Waals surface area contributed by atoms with Crippen LogP contribution in [0.5, 0.6) is 0 Å². The van der Waals surface area contributed by atoms with Crippen molar-refractivity contribution >= 4 is 71.6 Å². The maximum Gasteiger partial charge on any atom is 0.330 e. The van der Waals surface area contributed by atoms with Gasteiger partial charge in [-0.2, -0.15) is 0 Å². The summed E-state index contributed by atoms with van der Waals surface area (Å²) in [5, 5.41) is 38.3. The second kappa shape index (κ2) is 67.8. The number of nitrogens with zero attached hydrogens (tertiary/aromatic N) is 4. The van der Waals surface area contributed by atoms with Crippen LogP contribution in [-0.2, 0) is 114 Å². The third kappa shape index (κ3) is 64.2. The molecule has 120 heavy (non-hydrogen) atoms. The van der Waals surface area contributed by atoms with E-state index in [-0.39, 0.29) is 199 Å². The van der Waals surface area contributed by atoms with Gasteiger partial charge in [-0.1, -0.05) is 81.7 Å². The first-order valence-electron chi connectivity index (χ1n) is 42.8. The van der Waals surface area contributed by atoms with E-state index in [1.54, 1.807) is 0 Å². The molecule has 0 saturated carbocycles. The molecule has 0 rings (SSSR count). The predicted octanol–water partition coefficient (Wildman–Crippen LogP) is 9.05. The standard InChI is InChI=1S/C88H150N4O28/c1-13-72(97)109-60-37-84(5,6)40-63-113-76(101)29-48-89(44-21-17-25-56-93)52-33-80(105)117-68-88(71-120-83(108)36-55-92(47-24-20-28-59-96)51-32-79(104)116-67-87(11,12)43-66-112-75(100)16-4,69-118-81(106)34-53-90(45-22-18-26-57-94)49-30-77(102)114-64-41-85(7,8)38-61-110-73(98)14-2)70-119-82(107)35-54-91(46-23-19-27-58-95)50-31-78(103)115-65-42-86(9,10)39-62-111-74(99)15-3/h13-16,93-96H,1-4,17-71H2,5-12H3. The SMILES string of the molecule is C=CC(=O)OCCC(C)(C)CCOC(=O)CCN(CCCCCO)CCC(=O)OCC(COC(=O)CCN(CCCCCO)CCC(=O)OCCC(C)(C)CCOC(=O)C=C)(COC(=O)CCN(CCCCCO)CCC(=O)OCCC(C)(C)CCOC(=O)C=C)COC(=O)CCN(CCCCCO)CCC(=O)OCC(C)(C)CCOC(=O)C=C. The van der Waals surface area contributed by atoms with Crippen molar-refractivity contribution in [3.05, 3.63) is 50.6 Å². The minimum atomic E-state index is -1.81. The molecule has 32 nitrogen and oxygen atoms in total. The van der Waals surface area contributed by atoms with Gasteiger partial charge in [-0.15, -0.1) is 0 Å². The lowest BCUT2D eigenvalue weighted by molar-refractivity contribution is -0.171.